The SMILES string of the molecule is Cc1cc2c(c(-c3ccc(Cl)cc3Cl)c1)OC(CNC(=O)O)C2. The number of carbonyl (C=O) groups is 1. The van der Waals surface area contributed by atoms with Gasteiger partial charge in [-0.1, -0.05) is 35.3 Å². The van der Waals surface area contributed by atoms with Gasteiger partial charge >= 0.3 is 6.09 Å². The van der Waals surface area contributed by atoms with E-state index >= 15 is 0 Å². The van der Waals surface area contributed by atoms with Crippen molar-refractivity contribution in [3.63, 3.8) is 0 Å². The first-order chi connectivity index (χ1) is 10.9. The highest BCUT2D eigenvalue weighted by Gasteiger charge is 2.27. The van der Waals surface area contributed by atoms with E-state index in [1.165, 1.54) is 0 Å². The molecule has 1 atom stereocenters. The maximum Gasteiger partial charge on any atom is 0.404 e. The van der Waals surface area contributed by atoms with Gasteiger partial charge in [0.1, 0.15) is 11.9 Å². The van der Waals surface area contributed by atoms with Gasteiger partial charge in [0.2, 0.25) is 0 Å². The Morgan fingerprint density at radius 3 is 2.78 bits per heavy atom. The van der Waals surface area contributed by atoms with Crippen LogP contribution in [0, 0.1) is 6.92 Å². The number of nitrogens with one attached hydrogen (secondary N) is 1. The van der Waals surface area contributed by atoms with E-state index in [0.29, 0.717) is 16.5 Å². The summed E-state index contributed by atoms with van der Waals surface area (Å²) in [5, 5.41) is 12.2. The first-order valence-electron chi connectivity index (χ1n) is 7.16. The highest BCUT2D eigenvalue weighted by atomic mass is 35.5. The van der Waals surface area contributed by atoms with Crippen LogP contribution in [0.5, 0.6) is 5.75 Å². The summed E-state index contributed by atoms with van der Waals surface area (Å²) < 4.78 is 5.97. The van der Waals surface area contributed by atoms with Gasteiger partial charge in [0, 0.05) is 22.6 Å². The van der Waals surface area contributed by atoms with Gasteiger partial charge in [-0.25, -0.2) is 4.79 Å². The summed E-state index contributed by atoms with van der Waals surface area (Å²) >= 11 is 12.3. The number of carboxylic acid groups (broad SMARTS) is 1. The fraction of sp³-hybridized carbons (Fsp3) is 0.235. The van der Waals surface area contributed by atoms with Crippen molar-refractivity contribution in [1.29, 1.82) is 0 Å². The summed E-state index contributed by atoms with van der Waals surface area (Å²) in [5.74, 6) is 0.761. The Bertz CT molecular complexity index is 777. The van der Waals surface area contributed by atoms with Gasteiger partial charge in [-0.05, 0) is 36.2 Å². The number of halogens is 2. The average molecular weight is 352 g/mol. The third-order valence-electron chi connectivity index (χ3n) is 3.74. The molecule has 2 aromatic rings. The number of ether oxygens (including phenoxy) is 1. The van der Waals surface area contributed by atoms with E-state index < -0.39 is 6.09 Å². The molecule has 0 aliphatic carbocycles. The Labute approximate surface area is 144 Å². The summed E-state index contributed by atoms with van der Waals surface area (Å²) in [6.45, 7) is 2.26. The number of rotatable bonds is 3. The van der Waals surface area contributed by atoms with Crippen molar-refractivity contribution in [2.75, 3.05) is 6.54 Å². The molecule has 23 heavy (non-hydrogen) atoms. The van der Waals surface area contributed by atoms with Crippen LogP contribution in [0.1, 0.15) is 11.1 Å². The van der Waals surface area contributed by atoms with Gasteiger partial charge < -0.3 is 15.2 Å². The van der Waals surface area contributed by atoms with Crippen molar-refractivity contribution < 1.29 is 14.6 Å². The standard InChI is InChI=1S/C17H15Cl2NO3/c1-9-4-10-6-12(8-20-17(21)22)23-16(10)14(5-9)13-3-2-11(18)7-15(13)19/h2-5,7,12,20H,6,8H2,1H3,(H,21,22). The molecule has 4 nitrogen and oxygen atoms in total. The topological polar surface area (TPSA) is 58.6 Å². The molecule has 1 amide bonds. The van der Waals surface area contributed by atoms with Gasteiger partial charge in [-0.15, -0.1) is 0 Å². The van der Waals surface area contributed by atoms with E-state index in [-0.39, 0.29) is 12.6 Å². The summed E-state index contributed by atoms with van der Waals surface area (Å²) in [6, 6.07) is 9.43. The van der Waals surface area contributed by atoms with Crippen molar-refractivity contribution in [2.24, 2.45) is 0 Å². The third kappa shape index (κ3) is 3.38. The van der Waals surface area contributed by atoms with Crippen molar-refractivity contribution in [3.8, 4) is 16.9 Å². The zero-order valence-corrected chi connectivity index (χ0v) is 13.9. The third-order valence-corrected chi connectivity index (χ3v) is 4.29. The Morgan fingerprint density at radius 1 is 1.30 bits per heavy atom. The fourth-order valence-corrected chi connectivity index (χ4v) is 3.33. The van der Waals surface area contributed by atoms with Crippen LogP contribution in [-0.2, 0) is 6.42 Å². The molecule has 120 valence electrons. The minimum Gasteiger partial charge on any atom is -0.487 e. The number of hydrogen-bond donors (Lipinski definition) is 2. The molecule has 3 rings (SSSR count). The fourth-order valence-electron chi connectivity index (χ4n) is 2.82. The summed E-state index contributed by atoms with van der Waals surface area (Å²) in [7, 11) is 0. The average Bonchev–Trinajstić information content (AvgIpc) is 2.87. The Balaban J connectivity index is 1.97. The highest BCUT2D eigenvalue weighted by molar-refractivity contribution is 6.36. The van der Waals surface area contributed by atoms with E-state index in [1.807, 2.05) is 19.1 Å². The zero-order valence-electron chi connectivity index (χ0n) is 12.4. The van der Waals surface area contributed by atoms with Crippen LogP contribution in [0.25, 0.3) is 11.1 Å². The lowest BCUT2D eigenvalue weighted by molar-refractivity contribution is 0.181. The number of fused-ring (bicyclic) bond motifs is 1. The van der Waals surface area contributed by atoms with Gasteiger partial charge in [0.25, 0.3) is 0 Å². The number of amides is 1. The molecule has 1 heterocycles. The predicted octanol–water partition coefficient (Wildman–Crippen LogP) is 4.54. The molecule has 0 saturated heterocycles. The monoisotopic (exact) mass is 351 g/mol. The lowest BCUT2D eigenvalue weighted by atomic mass is 9.98. The second-order valence-corrected chi connectivity index (χ2v) is 6.40. The first kappa shape index (κ1) is 16.0. The normalized spacial score (nSPS) is 15.9. The van der Waals surface area contributed by atoms with E-state index in [2.05, 4.69) is 11.4 Å². The van der Waals surface area contributed by atoms with Crippen molar-refractivity contribution in [1.82, 2.24) is 5.32 Å². The lowest BCUT2D eigenvalue weighted by Crippen LogP contribution is -2.33. The van der Waals surface area contributed by atoms with Gasteiger partial charge in [0.05, 0.1) is 11.6 Å². The van der Waals surface area contributed by atoms with E-state index in [4.69, 9.17) is 33.0 Å². The molecule has 0 spiro atoms. The van der Waals surface area contributed by atoms with Gasteiger partial charge in [0.15, 0.2) is 0 Å². The predicted molar refractivity (Wildman–Crippen MR) is 90.8 cm³/mol. The summed E-state index contributed by atoms with van der Waals surface area (Å²) in [5.41, 5.74) is 3.91. The van der Waals surface area contributed by atoms with Crippen molar-refractivity contribution >= 4 is 29.3 Å². The van der Waals surface area contributed by atoms with Crippen molar-refractivity contribution in [2.45, 2.75) is 19.4 Å². The summed E-state index contributed by atoms with van der Waals surface area (Å²) in [4.78, 5) is 10.7. The van der Waals surface area contributed by atoms with Gasteiger partial charge in [-0.3, -0.25) is 0 Å². The van der Waals surface area contributed by atoms with Crippen LogP contribution >= 0.6 is 23.2 Å². The smallest absolute Gasteiger partial charge is 0.404 e. The molecule has 0 radical (unpaired) electrons. The number of benzene rings is 2. The molecule has 0 saturated carbocycles. The highest BCUT2D eigenvalue weighted by Crippen LogP contribution is 2.42. The molecular formula is C17H15Cl2NO3. The van der Waals surface area contributed by atoms with Gasteiger partial charge in [-0.2, -0.15) is 0 Å². The molecule has 2 aromatic carbocycles. The number of hydrogen-bond acceptors (Lipinski definition) is 2. The molecular weight excluding hydrogens is 337 g/mol. The second kappa shape index (κ2) is 6.30. The molecule has 0 aromatic heterocycles. The minimum absolute atomic E-state index is 0.215. The molecule has 1 unspecified atom stereocenters. The van der Waals surface area contributed by atoms with Crippen LogP contribution in [0.4, 0.5) is 4.79 Å². The van der Waals surface area contributed by atoms with E-state index in [0.717, 1.165) is 28.0 Å². The molecule has 2 N–H and O–H groups in total. The quantitative estimate of drug-likeness (QED) is 0.853. The Hall–Kier alpha value is -1.91. The van der Waals surface area contributed by atoms with E-state index in [9.17, 15) is 4.79 Å². The molecule has 0 bridgehead atoms. The lowest BCUT2D eigenvalue weighted by Gasteiger charge is -2.14. The molecule has 1 aliphatic heterocycles. The van der Waals surface area contributed by atoms with Crippen LogP contribution in [-0.4, -0.2) is 23.8 Å². The minimum atomic E-state index is -1.05. The van der Waals surface area contributed by atoms with Crippen LogP contribution in [0.2, 0.25) is 10.0 Å². The molecule has 6 heteroatoms. The maximum absolute atomic E-state index is 10.7. The van der Waals surface area contributed by atoms with Crippen LogP contribution < -0.4 is 10.1 Å². The zero-order chi connectivity index (χ0) is 16.6. The van der Waals surface area contributed by atoms with Crippen LogP contribution in [0.3, 0.4) is 0 Å². The Kier molecular flexibility index (Phi) is 4.37. The Morgan fingerprint density at radius 2 is 2.09 bits per heavy atom. The van der Waals surface area contributed by atoms with Crippen LogP contribution in [0.15, 0.2) is 30.3 Å². The van der Waals surface area contributed by atoms with Crippen molar-refractivity contribution in [3.05, 3.63) is 51.5 Å². The molecule has 0 fully saturated rings. The summed E-state index contributed by atoms with van der Waals surface area (Å²) in [6.07, 6.45) is -0.607. The second-order valence-electron chi connectivity index (χ2n) is 5.55. The maximum atomic E-state index is 10.7. The first-order valence-corrected chi connectivity index (χ1v) is 7.92. The van der Waals surface area contributed by atoms with E-state index in [1.54, 1.807) is 12.1 Å². The number of aryl methyl sites for hydroxylation is 1. The largest absolute Gasteiger partial charge is 0.487 e. The molecule has 1 aliphatic rings.